The quantitative estimate of drug-likeness (QED) is 0.818. The molecule has 23 heavy (non-hydrogen) atoms. The van der Waals surface area contributed by atoms with E-state index in [1.807, 2.05) is 13.8 Å². The van der Waals surface area contributed by atoms with Crippen molar-refractivity contribution in [2.75, 3.05) is 18.4 Å². The molecule has 1 heterocycles. The van der Waals surface area contributed by atoms with Gasteiger partial charge in [0, 0.05) is 17.8 Å². The lowest BCUT2D eigenvalue weighted by atomic mass is 9.92. The molecule has 3 atom stereocenters. The SMILES string of the molecule is CC(=O)c1cccc(NC(=O)C(C)N2CCCC(C(C)O)C2)c1. The van der Waals surface area contributed by atoms with Crippen LogP contribution >= 0.6 is 0 Å². The molecule has 1 amide bonds. The number of piperidine rings is 1. The molecular formula is C18H26N2O3. The molecule has 126 valence electrons. The van der Waals surface area contributed by atoms with Crippen molar-refractivity contribution < 1.29 is 14.7 Å². The largest absolute Gasteiger partial charge is 0.393 e. The summed E-state index contributed by atoms with van der Waals surface area (Å²) in [6.45, 7) is 6.80. The van der Waals surface area contributed by atoms with Gasteiger partial charge in [-0.25, -0.2) is 0 Å². The van der Waals surface area contributed by atoms with Crippen molar-refractivity contribution in [3.63, 3.8) is 0 Å². The summed E-state index contributed by atoms with van der Waals surface area (Å²) in [7, 11) is 0. The molecule has 1 fully saturated rings. The smallest absolute Gasteiger partial charge is 0.241 e. The lowest BCUT2D eigenvalue weighted by Crippen LogP contribution is -2.48. The molecule has 3 unspecified atom stereocenters. The molecule has 0 spiro atoms. The molecule has 0 saturated carbocycles. The average Bonchev–Trinajstić information content (AvgIpc) is 2.54. The summed E-state index contributed by atoms with van der Waals surface area (Å²) in [6.07, 6.45) is 1.65. The van der Waals surface area contributed by atoms with Gasteiger partial charge in [0.25, 0.3) is 0 Å². The van der Waals surface area contributed by atoms with Crippen LogP contribution in [0.25, 0.3) is 0 Å². The standard InChI is InChI=1S/C18H26N2O3/c1-12(20-9-5-7-16(11-20)14(3)22)18(23)19-17-8-4-6-15(10-17)13(2)21/h4,6,8,10,12,14,16,22H,5,7,9,11H2,1-3H3,(H,19,23). The second-order valence-electron chi connectivity index (χ2n) is 6.44. The number of carbonyl (C=O) groups is 2. The van der Waals surface area contributed by atoms with E-state index in [1.54, 1.807) is 24.3 Å². The number of hydrogen-bond donors (Lipinski definition) is 2. The monoisotopic (exact) mass is 318 g/mol. The van der Waals surface area contributed by atoms with Crippen LogP contribution in [0.2, 0.25) is 0 Å². The van der Waals surface area contributed by atoms with E-state index in [-0.39, 0.29) is 29.8 Å². The molecule has 1 aliphatic heterocycles. The van der Waals surface area contributed by atoms with Crippen LogP contribution in [0.4, 0.5) is 5.69 Å². The Morgan fingerprint density at radius 3 is 2.74 bits per heavy atom. The van der Waals surface area contributed by atoms with Gasteiger partial charge in [-0.2, -0.15) is 0 Å². The molecular weight excluding hydrogens is 292 g/mol. The van der Waals surface area contributed by atoms with E-state index in [0.29, 0.717) is 11.3 Å². The van der Waals surface area contributed by atoms with Crippen molar-refractivity contribution in [3.05, 3.63) is 29.8 Å². The second-order valence-corrected chi connectivity index (χ2v) is 6.44. The molecule has 0 aromatic heterocycles. The van der Waals surface area contributed by atoms with Crippen LogP contribution < -0.4 is 5.32 Å². The molecule has 1 aromatic rings. The highest BCUT2D eigenvalue weighted by Gasteiger charge is 2.29. The highest BCUT2D eigenvalue weighted by molar-refractivity contribution is 5.98. The summed E-state index contributed by atoms with van der Waals surface area (Å²) in [6, 6.07) is 6.71. The third-order valence-corrected chi connectivity index (χ3v) is 4.64. The number of benzene rings is 1. The van der Waals surface area contributed by atoms with Crippen LogP contribution in [0.5, 0.6) is 0 Å². The Morgan fingerprint density at radius 1 is 1.35 bits per heavy atom. The molecule has 1 aromatic carbocycles. The third kappa shape index (κ3) is 4.62. The summed E-state index contributed by atoms with van der Waals surface area (Å²) >= 11 is 0. The van der Waals surface area contributed by atoms with Crippen LogP contribution in [-0.4, -0.2) is 46.9 Å². The summed E-state index contributed by atoms with van der Waals surface area (Å²) in [5.74, 6) is 0.113. The second kappa shape index (κ2) is 7.70. The molecule has 0 aliphatic carbocycles. The minimum absolute atomic E-state index is 0.0232. The first-order valence-corrected chi connectivity index (χ1v) is 8.22. The molecule has 5 heteroatoms. The number of anilines is 1. The van der Waals surface area contributed by atoms with Crippen LogP contribution in [0, 0.1) is 5.92 Å². The molecule has 1 aliphatic rings. The number of nitrogens with zero attached hydrogens (tertiary/aromatic N) is 1. The molecule has 2 rings (SSSR count). The Morgan fingerprint density at radius 2 is 2.09 bits per heavy atom. The zero-order valence-corrected chi connectivity index (χ0v) is 14.1. The van der Waals surface area contributed by atoms with E-state index in [0.717, 1.165) is 25.9 Å². The number of carbonyl (C=O) groups excluding carboxylic acids is 2. The van der Waals surface area contributed by atoms with Gasteiger partial charge in [0.1, 0.15) is 0 Å². The number of aliphatic hydroxyl groups excluding tert-OH is 1. The van der Waals surface area contributed by atoms with Crippen molar-refractivity contribution in [1.82, 2.24) is 4.90 Å². The van der Waals surface area contributed by atoms with Crippen LogP contribution in [0.1, 0.15) is 44.0 Å². The van der Waals surface area contributed by atoms with Crippen molar-refractivity contribution in [3.8, 4) is 0 Å². The van der Waals surface area contributed by atoms with Gasteiger partial charge in [-0.15, -0.1) is 0 Å². The highest BCUT2D eigenvalue weighted by atomic mass is 16.3. The fourth-order valence-corrected chi connectivity index (χ4v) is 3.01. The minimum atomic E-state index is -0.347. The van der Waals surface area contributed by atoms with Gasteiger partial charge < -0.3 is 10.4 Å². The number of aliphatic hydroxyl groups is 1. The number of nitrogens with one attached hydrogen (secondary N) is 1. The van der Waals surface area contributed by atoms with Gasteiger partial charge in [-0.1, -0.05) is 12.1 Å². The summed E-state index contributed by atoms with van der Waals surface area (Å²) in [5.41, 5.74) is 1.22. The lowest BCUT2D eigenvalue weighted by molar-refractivity contribution is -0.121. The van der Waals surface area contributed by atoms with Gasteiger partial charge in [-0.3, -0.25) is 14.5 Å². The van der Waals surface area contributed by atoms with E-state index in [9.17, 15) is 14.7 Å². The molecule has 0 bridgehead atoms. The Kier molecular flexibility index (Phi) is 5.91. The van der Waals surface area contributed by atoms with E-state index in [4.69, 9.17) is 0 Å². The minimum Gasteiger partial charge on any atom is -0.393 e. The summed E-state index contributed by atoms with van der Waals surface area (Å²) in [5, 5.41) is 12.7. The van der Waals surface area contributed by atoms with Crippen molar-refractivity contribution in [1.29, 1.82) is 0 Å². The topological polar surface area (TPSA) is 69.6 Å². The first kappa shape index (κ1) is 17.6. The number of likely N-dealkylation sites (tertiary alicyclic amines) is 1. The van der Waals surface area contributed by atoms with E-state index in [1.165, 1.54) is 6.92 Å². The highest BCUT2D eigenvalue weighted by Crippen LogP contribution is 2.22. The van der Waals surface area contributed by atoms with Gasteiger partial charge in [0.15, 0.2) is 5.78 Å². The first-order valence-electron chi connectivity index (χ1n) is 8.22. The van der Waals surface area contributed by atoms with Gasteiger partial charge in [-0.05, 0) is 58.2 Å². The zero-order valence-electron chi connectivity index (χ0n) is 14.1. The first-order chi connectivity index (χ1) is 10.9. The van der Waals surface area contributed by atoms with E-state index < -0.39 is 0 Å². The number of amides is 1. The zero-order chi connectivity index (χ0) is 17.0. The van der Waals surface area contributed by atoms with Crippen molar-refractivity contribution in [2.45, 2.75) is 45.8 Å². The summed E-state index contributed by atoms with van der Waals surface area (Å²) < 4.78 is 0. The van der Waals surface area contributed by atoms with Gasteiger partial charge >= 0.3 is 0 Å². The number of rotatable bonds is 5. The van der Waals surface area contributed by atoms with Gasteiger partial charge in [0.2, 0.25) is 5.91 Å². The fraction of sp³-hybridized carbons (Fsp3) is 0.556. The lowest BCUT2D eigenvalue weighted by Gasteiger charge is -2.37. The van der Waals surface area contributed by atoms with E-state index >= 15 is 0 Å². The fourth-order valence-electron chi connectivity index (χ4n) is 3.01. The van der Waals surface area contributed by atoms with E-state index in [2.05, 4.69) is 10.2 Å². The average molecular weight is 318 g/mol. The maximum atomic E-state index is 12.5. The number of Topliss-reactive ketones (excluding diaryl/α,β-unsaturated/α-hetero) is 1. The molecule has 5 nitrogen and oxygen atoms in total. The normalized spacial score (nSPS) is 21.5. The molecule has 1 saturated heterocycles. The van der Waals surface area contributed by atoms with Crippen molar-refractivity contribution in [2.24, 2.45) is 5.92 Å². The molecule has 2 N–H and O–H groups in total. The Bertz CT molecular complexity index is 571. The Labute approximate surface area is 137 Å². The molecule has 0 radical (unpaired) electrons. The maximum absolute atomic E-state index is 12.5. The number of hydrogen-bond acceptors (Lipinski definition) is 4. The van der Waals surface area contributed by atoms with Crippen molar-refractivity contribution >= 4 is 17.4 Å². The summed E-state index contributed by atoms with van der Waals surface area (Å²) in [4.78, 5) is 26.0. The Hall–Kier alpha value is -1.72. The van der Waals surface area contributed by atoms with Crippen LogP contribution in [0.15, 0.2) is 24.3 Å². The third-order valence-electron chi connectivity index (χ3n) is 4.64. The maximum Gasteiger partial charge on any atom is 0.241 e. The Balaban J connectivity index is 1.99. The predicted octanol–water partition coefficient (Wildman–Crippen LogP) is 2.31. The van der Waals surface area contributed by atoms with Gasteiger partial charge in [0.05, 0.1) is 12.1 Å². The van der Waals surface area contributed by atoms with Crippen LogP contribution in [0.3, 0.4) is 0 Å². The number of ketones is 1. The predicted molar refractivity (Wildman–Crippen MR) is 90.5 cm³/mol. The van der Waals surface area contributed by atoms with Crippen LogP contribution in [-0.2, 0) is 4.79 Å².